The Morgan fingerprint density at radius 3 is 2.62 bits per heavy atom. The first-order valence-electron chi connectivity index (χ1n) is 6.12. The van der Waals surface area contributed by atoms with Gasteiger partial charge in [-0.15, -0.1) is 11.3 Å². The third-order valence-corrected chi connectivity index (χ3v) is 3.99. The Kier molecular flexibility index (Phi) is 4.32. The van der Waals surface area contributed by atoms with Crippen molar-refractivity contribution >= 4 is 23.2 Å². The van der Waals surface area contributed by atoms with Gasteiger partial charge in [0.05, 0.1) is 6.04 Å². The summed E-state index contributed by atoms with van der Waals surface area (Å²) in [6.07, 6.45) is 0. The summed E-state index contributed by atoms with van der Waals surface area (Å²) in [5.41, 5.74) is 0.221. The molecule has 110 valence electrons. The first-order valence-corrected chi connectivity index (χ1v) is 7.00. The summed E-state index contributed by atoms with van der Waals surface area (Å²) in [5.74, 6) is -2.02. The van der Waals surface area contributed by atoms with Gasteiger partial charge in [-0.1, -0.05) is 18.2 Å². The lowest BCUT2D eigenvalue weighted by Gasteiger charge is -2.24. The molecule has 5 nitrogen and oxygen atoms in total. The monoisotopic (exact) mass is 308 g/mol. The third kappa shape index (κ3) is 3.08. The van der Waals surface area contributed by atoms with E-state index >= 15 is 0 Å². The number of amides is 1. The van der Waals surface area contributed by atoms with Crippen molar-refractivity contribution in [1.82, 2.24) is 9.88 Å². The number of aromatic carboxylic acids is 1. The second kappa shape index (κ2) is 6.01. The molecule has 1 N–H and O–H groups in total. The Morgan fingerprint density at radius 1 is 1.38 bits per heavy atom. The summed E-state index contributed by atoms with van der Waals surface area (Å²) in [5, 5.41) is 10.2. The first kappa shape index (κ1) is 15.1. The summed E-state index contributed by atoms with van der Waals surface area (Å²) < 4.78 is 13.7. The zero-order valence-corrected chi connectivity index (χ0v) is 12.2. The van der Waals surface area contributed by atoms with Gasteiger partial charge in [0, 0.05) is 18.0 Å². The minimum atomic E-state index is -1.19. The van der Waals surface area contributed by atoms with E-state index in [0.29, 0.717) is 5.56 Å². The summed E-state index contributed by atoms with van der Waals surface area (Å²) >= 11 is 0.954. The van der Waals surface area contributed by atoms with Crippen LogP contribution in [0.15, 0.2) is 29.6 Å². The van der Waals surface area contributed by atoms with Crippen molar-refractivity contribution in [3.8, 4) is 0 Å². The molecule has 1 amide bonds. The molecule has 1 aromatic heterocycles. The Bertz CT molecular complexity index is 686. The molecule has 0 aliphatic rings. The minimum absolute atomic E-state index is 0.0677. The normalized spacial score (nSPS) is 12.0. The van der Waals surface area contributed by atoms with Crippen molar-refractivity contribution in [2.75, 3.05) is 7.05 Å². The molecule has 0 saturated heterocycles. The molecule has 0 radical (unpaired) electrons. The molecule has 0 bridgehead atoms. The number of thiazole rings is 1. The maximum Gasteiger partial charge on any atom is 0.355 e. The van der Waals surface area contributed by atoms with Crippen molar-refractivity contribution in [1.29, 1.82) is 0 Å². The molecule has 21 heavy (non-hydrogen) atoms. The smallest absolute Gasteiger partial charge is 0.355 e. The lowest BCUT2D eigenvalue weighted by Crippen LogP contribution is -2.30. The van der Waals surface area contributed by atoms with Crippen LogP contribution in [-0.2, 0) is 0 Å². The number of aromatic nitrogens is 1. The molecule has 1 unspecified atom stereocenters. The van der Waals surface area contributed by atoms with E-state index in [1.807, 2.05) is 0 Å². The van der Waals surface area contributed by atoms with Gasteiger partial charge in [0.25, 0.3) is 5.91 Å². The largest absolute Gasteiger partial charge is 0.476 e. The van der Waals surface area contributed by atoms with Crippen LogP contribution in [-0.4, -0.2) is 33.9 Å². The van der Waals surface area contributed by atoms with E-state index in [2.05, 4.69) is 4.98 Å². The van der Waals surface area contributed by atoms with Gasteiger partial charge in [-0.2, -0.15) is 0 Å². The van der Waals surface area contributed by atoms with E-state index in [9.17, 15) is 14.0 Å². The molecule has 2 rings (SSSR count). The Hall–Kier alpha value is -2.28. The van der Waals surface area contributed by atoms with Crippen LogP contribution in [0.25, 0.3) is 0 Å². The van der Waals surface area contributed by atoms with Gasteiger partial charge >= 0.3 is 5.97 Å². The third-order valence-electron chi connectivity index (χ3n) is 3.16. The molecule has 0 saturated carbocycles. The molecule has 1 heterocycles. The highest BCUT2D eigenvalue weighted by Crippen LogP contribution is 2.24. The van der Waals surface area contributed by atoms with Crippen molar-refractivity contribution in [3.63, 3.8) is 0 Å². The maximum atomic E-state index is 13.7. The van der Waals surface area contributed by atoms with Gasteiger partial charge in [-0.05, 0) is 13.0 Å². The van der Waals surface area contributed by atoms with Crippen LogP contribution in [0.5, 0.6) is 0 Å². The number of hydrogen-bond donors (Lipinski definition) is 1. The molecule has 0 fully saturated rings. The van der Waals surface area contributed by atoms with Crippen LogP contribution in [0, 0.1) is 5.82 Å². The lowest BCUT2D eigenvalue weighted by molar-refractivity contribution is 0.0691. The fourth-order valence-corrected chi connectivity index (χ4v) is 2.59. The Labute approximate surface area is 124 Å². The number of halogens is 1. The number of carbonyl (C=O) groups is 2. The molecular formula is C14H13FN2O3S. The minimum Gasteiger partial charge on any atom is -0.476 e. The first-order chi connectivity index (χ1) is 9.91. The fourth-order valence-electron chi connectivity index (χ4n) is 1.82. The average Bonchev–Trinajstić information content (AvgIpc) is 2.95. The van der Waals surface area contributed by atoms with Gasteiger partial charge in [-0.3, -0.25) is 4.79 Å². The number of carboxylic acid groups (broad SMARTS) is 1. The summed E-state index contributed by atoms with van der Waals surface area (Å²) in [6, 6.07) is 5.72. The van der Waals surface area contributed by atoms with Crippen molar-refractivity contribution in [2.45, 2.75) is 13.0 Å². The lowest BCUT2D eigenvalue weighted by atomic mass is 10.1. The highest BCUT2D eigenvalue weighted by Gasteiger charge is 2.24. The molecule has 7 heteroatoms. The van der Waals surface area contributed by atoms with E-state index in [4.69, 9.17) is 5.11 Å². The highest BCUT2D eigenvalue weighted by molar-refractivity contribution is 7.11. The van der Waals surface area contributed by atoms with E-state index in [1.165, 1.54) is 23.4 Å². The van der Waals surface area contributed by atoms with Crippen LogP contribution >= 0.6 is 11.3 Å². The van der Waals surface area contributed by atoms with E-state index in [-0.39, 0.29) is 10.7 Å². The maximum absolute atomic E-state index is 13.7. The van der Waals surface area contributed by atoms with Crippen molar-refractivity contribution in [3.05, 3.63) is 51.7 Å². The fraction of sp³-hybridized carbons (Fsp3) is 0.214. The Balaban J connectivity index is 2.22. The van der Waals surface area contributed by atoms with Gasteiger partial charge < -0.3 is 10.0 Å². The molecular weight excluding hydrogens is 295 g/mol. The summed E-state index contributed by atoms with van der Waals surface area (Å²) in [6.45, 7) is 1.70. The number of carbonyl (C=O) groups excluding carboxylic acids is 1. The number of hydrogen-bond acceptors (Lipinski definition) is 4. The SMILES string of the molecule is CC(c1ccccc1F)N(C)C(=O)c1nc(C(=O)O)cs1. The second-order valence-electron chi connectivity index (χ2n) is 4.46. The van der Waals surface area contributed by atoms with Crippen LogP contribution in [0.1, 0.15) is 38.8 Å². The molecule has 1 aromatic carbocycles. The second-order valence-corrected chi connectivity index (χ2v) is 5.31. The zero-order valence-electron chi connectivity index (χ0n) is 11.4. The molecule has 0 aliphatic heterocycles. The van der Waals surface area contributed by atoms with Gasteiger partial charge in [-0.25, -0.2) is 14.2 Å². The standard InChI is InChI=1S/C14H13FN2O3S/c1-8(9-5-3-4-6-10(9)15)17(2)13(18)12-16-11(7-21-12)14(19)20/h3-8H,1-2H3,(H,19,20). The molecule has 1 atom stereocenters. The molecule has 0 spiro atoms. The number of carboxylic acids is 1. The van der Waals surface area contributed by atoms with Crippen LogP contribution in [0.3, 0.4) is 0 Å². The number of benzene rings is 1. The van der Waals surface area contributed by atoms with Gasteiger partial charge in [0.15, 0.2) is 10.7 Å². The predicted octanol–water partition coefficient (Wildman–Crippen LogP) is 2.81. The van der Waals surface area contributed by atoms with Crippen LogP contribution < -0.4 is 0 Å². The highest BCUT2D eigenvalue weighted by atomic mass is 32.1. The van der Waals surface area contributed by atoms with Gasteiger partial charge in [0.2, 0.25) is 0 Å². The quantitative estimate of drug-likeness (QED) is 0.943. The molecule has 2 aromatic rings. The van der Waals surface area contributed by atoms with E-state index in [0.717, 1.165) is 11.3 Å². The Morgan fingerprint density at radius 2 is 2.05 bits per heavy atom. The zero-order chi connectivity index (χ0) is 15.6. The summed E-state index contributed by atoms with van der Waals surface area (Å²) in [7, 11) is 1.53. The van der Waals surface area contributed by atoms with Crippen molar-refractivity contribution in [2.24, 2.45) is 0 Å². The topological polar surface area (TPSA) is 70.5 Å². The molecule has 0 aliphatic carbocycles. The van der Waals surface area contributed by atoms with Crippen molar-refractivity contribution < 1.29 is 19.1 Å². The number of nitrogens with zero attached hydrogens (tertiary/aromatic N) is 2. The average molecular weight is 308 g/mol. The van der Waals surface area contributed by atoms with E-state index < -0.39 is 23.7 Å². The number of rotatable bonds is 4. The van der Waals surface area contributed by atoms with E-state index in [1.54, 1.807) is 25.1 Å². The van der Waals surface area contributed by atoms with Crippen LogP contribution in [0.4, 0.5) is 4.39 Å². The van der Waals surface area contributed by atoms with Crippen LogP contribution in [0.2, 0.25) is 0 Å². The van der Waals surface area contributed by atoms with Gasteiger partial charge in [0.1, 0.15) is 5.82 Å². The summed E-state index contributed by atoms with van der Waals surface area (Å²) in [4.78, 5) is 28.1. The predicted molar refractivity (Wildman–Crippen MR) is 76.0 cm³/mol.